The Kier molecular flexibility index (Phi) is 8.65. The Hall–Kier alpha value is -3.49. The van der Waals surface area contributed by atoms with Gasteiger partial charge in [-0.25, -0.2) is 22.9 Å². The summed E-state index contributed by atoms with van der Waals surface area (Å²) in [6.07, 6.45) is 3.17. The minimum atomic E-state index is -3.34. The molecule has 3 aliphatic heterocycles. The number of carbonyl (C=O) groups excluding carboxylic acids is 2. The van der Waals surface area contributed by atoms with Crippen LogP contribution in [0, 0.1) is 17.7 Å². The molecule has 15 heteroatoms. The van der Waals surface area contributed by atoms with E-state index in [-0.39, 0.29) is 53.4 Å². The van der Waals surface area contributed by atoms with Crippen molar-refractivity contribution in [3.8, 4) is 0 Å². The molecule has 1 amide bonds. The maximum atomic E-state index is 15.6. The number of amidine groups is 1. The van der Waals surface area contributed by atoms with Gasteiger partial charge >= 0.3 is 11.9 Å². The third kappa shape index (κ3) is 5.83. The third-order valence-electron chi connectivity index (χ3n) is 9.04. The number of benzene rings is 1. The number of likely N-dealkylation sites (tertiary alicyclic amines) is 2. The number of nitrogens with zero attached hydrogens (tertiary/aromatic N) is 4. The van der Waals surface area contributed by atoms with Crippen LogP contribution in [0.1, 0.15) is 49.2 Å². The van der Waals surface area contributed by atoms with Crippen LogP contribution in [0.15, 0.2) is 46.0 Å². The maximum Gasteiger partial charge on any atom is 0.338 e. The maximum absolute atomic E-state index is 15.6. The normalized spacial score (nSPS) is 28.1. The second-order valence-corrected chi connectivity index (χ2v) is 12.9. The van der Waals surface area contributed by atoms with Gasteiger partial charge in [-0.3, -0.25) is 19.5 Å². The molecule has 2 aromatic rings. The van der Waals surface area contributed by atoms with Gasteiger partial charge in [0.15, 0.2) is 10.8 Å². The Morgan fingerprint density at radius 1 is 1.24 bits per heavy atom. The number of fused-ring (bicyclic) bond motifs is 1. The summed E-state index contributed by atoms with van der Waals surface area (Å²) in [7, 11) is 0. The Morgan fingerprint density at radius 2 is 2.00 bits per heavy atom. The van der Waals surface area contributed by atoms with Gasteiger partial charge < -0.3 is 20.1 Å². The highest BCUT2D eigenvalue weighted by Crippen LogP contribution is 2.46. The number of aromatic nitrogens is 1. The molecule has 3 atom stereocenters. The molecule has 6 rings (SSSR count). The van der Waals surface area contributed by atoms with Crippen LogP contribution in [0.4, 0.5) is 13.2 Å². The van der Waals surface area contributed by atoms with Crippen LogP contribution in [0.25, 0.3) is 0 Å². The average Bonchev–Trinajstić information content (AvgIpc) is 3.72. The van der Waals surface area contributed by atoms with E-state index in [1.165, 1.54) is 39.3 Å². The Labute approximate surface area is 265 Å². The molecule has 0 bridgehead atoms. The molecular formula is C30H31ClF3N5O5S. The van der Waals surface area contributed by atoms with E-state index in [4.69, 9.17) is 16.3 Å². The molecule has 1 saturated carbocycles. The minimum Gasteiger partial charge on any atom is -0.481 e. The molecule has 1 aromatic heterocycles. The van der Waals surface area contributed by atoms with Crippen molar-refractivity contribution >= 4 is 46.6 Å². The lowest BCUT2D eigenvalue weighted by Crippen LogP contribution is -2.46. The van der Waals surface area contributed by atoms with Crippen molar-refractivity contribution in [2.75, 3.05) is 26.2 Å². The van der Waals surface area contributed by atoms with Gasteiger partial charge in [0.05, 0.1) is 29.7 Å². The van der Waals surface area contributed by atoms with Crippen molar-refractivity contribution in [2.45, 2.75) is 56.7 Å². The Balaban J connectivity index is 1.35. The van der Waals surface area contributed by atoms with E-state index in [9.17, 15) is 23.9 Å². The molecule has 0 unspecified atom stereocenters. The molecule has 240 valence electrons. The largest absolute Gasteiger partial charge is 0.481 e. The number of rotatable bonds is 8. The summed E-state index contributed by atoms with van der Waals surface area (Å²) in [6, 6.07) is 1.84. The second kappa shape index (κ2) is 12.4. The van der Waals surface area contributed by atoms with E-state index in [1.807, 2.05) is 0 Å². The first kappa shape index (κ1) is 31.5. The van der Waals surface area contributed by atoms with Gasteiger partial charge in [0.1, 0.15) is 17.8 Å². The molecule has 4 aliphatic rings. The molecule has 3 fully saturated rings. The number of carboxylic acids is 1. The summed E-state index contributed by atoms with van der Waals surface area (Å²) in [4.78, 5) is 50.3. The summed E-state index contributed by atoms with van der Waals surface area (Å²) in [5.41, 5.74) is 0.393. The average molecular weight is 666 g/mol. The monoisotopic (exact) mass is 665 g/mol. The zero-order valence-corrected chi connectivity index (χ0v) is 25.8. The number of hydrogen-bond donors (Lipinski definition) is 2. The second-order valence-electron chi connectivity index (χ2n) is 11.6. The summed E-state index contributed by atoms with van der Waals surface area (Å²) < 4.78 is 51.2. The first-order valence-electron chi connectivity index (χ1n) is 14.7. The molecule has 45 heavy (non-hydrogen) atoms. The fourth-order valence-electron chi connectivity index (χ4n) is 6.93. The number of aliphatic carboxylic acids is 1. The highest BCUT2D eigenvalue weighted by Gasteiger charge is 2.63. The van der Waals surface area contributed by atoms with Gasteiger partial charge in [-0.1, -0.05) is 23.7 Å². The number of thiazole rings is 1. The van der Waals surface area contributed by atoms with E-state index in [1.54, 1.807) is 18.5 Å². The molecule has 10 nitrogen and oxygen atoms in total. The molecule has 0 spiro atoms. The van der Waals surface area contributed by atoms with Crippen molar-refractivity contribution in [1.29, 1.82) is 0 Å². The zero-order valence-electron chi connectivity index (χ0n) is 24.2. The topological polar surface area (TPSA) is 124 Å². The number of alkyl halides is 2. The number of carbonyl (C=O) groups is 3. The lowest BCUT2D eigenvalue weighted by Gasteiger charge is -2.35. The summed E-state index contributed by atoms with van der Waals surface area (Å²) in [5.74, 6) is -8.19. The van der Waals surface area contributed by atoms with Crippen LogP contribution in [0.5, 0.6) is 0 Å². The van der Waals surface area contributed by atoms with Crippen LogP contribution in [-0.4, -0.2) is 87.8 Å². The summed E-state index contributed by atoms with van der Waals surface area (Å²) >= 11 is 7.63. The zero-order chi connectivity index (χ0) is 32.0. The van der Waals surface area contributed by atoms with E-state index >= 15 is 8.78 Å². The van der Waals surface area contributed by atoms with E-state index in [0.717, 1.165) is 0 Å². The van der Waals surface area contributed by atoms with Crippen molar-refractivity contribution in [2.24, 2.45) is 16.8 Å². The van der Waals surface area contributed by atoms with Gasteiger partial charge in [-0.2, -0.15) is 0 Å². The number of esters is 1. The van der Waals surface area contributed by atoms with Crippen LogP contribution >= 0.6 is 22.9 Å². The van der Waals surface area contributed by atoms with Crippen molar-refractivity contribution in [1.82, 2.24) is 20.1 Å². The fraction of sp³-hybridized carbons (Fsp3) is 0.500. The fourth-order valence-corrected chi connectivity index (χ4v) is 7.75. The molecule has 1 aromatic carbocycles. The predicted octanol–water partition coefficient (Wildman–Crippen LogP) is 4.27. The molecule has 2 saturated heterocycles. The van der Waals surface area contributed by atoms with Gasteiger partial charge in [0.25, 0.3) is 5.92 Å². The smallest absolute Gasteiger partial charge is 0.338 e. The van der Waals surface area contributed by atoms with Gasteiger partial charge in [-0.15, -0.1) is 11.3 Å². The van der Waals surface area contributed by atoms with Crippen LogP contribution in [0.2, 0.25) is 5.02 Å². The van der Waals surface area contributed by atoms with Gasteiger partial charge in [-0.05, 0) is 38.7 Å². The number of aliphatic imine (C=N–C) groups is 1. The van der Waals surface area contributed by atoms with Crippen LogP contribution in [-0.2, 0) is 19.1 Å². The van der Waals surface area contributed by atoms with Crippen molar-refractivity contribution in [3.05, 3.63) is 62.5 Å². The first-order chi connectivity index (χ1) is 21.5. The highest BCUT2D eigenvalue weighted by molar-refractivity contribution is 7.11. The summed E-state index contributed by atoms with van der Waals surface area (Å²) in [5, 5.41) is 14.4. The highest BCUT2D eigenvalue weighted by atomic mass is 35.5. The van der Waals surface area contributed by atoms with Gasteiger partial charge in [0, 0.05) is 48.0 Å². The number of hydrogen-bond acceptors (Lipinski definition) is 9. The minimum absolute atomic E-state index is 0.00963. The molecular weight excluding hydrogens is 635 g/mol. The number of carboxylic acid groups (broad SMARTS) is 1. The molecule has 4 heterocycles. The molecule has 2 N–H and O–H groups in total. The van der Waals surface area contributed by atoms with Gasteiger partial charge in [0.2, 0.25) is 5.91 Å². The number of ether oxygens (including phenoxy) is 1. The Bertz CT molecular complexity index is 1560. The van der Waals surface area contributed by atoms with E-state index in [2.05, 4.69) is 15.3 Å². The van der Waals surface area contributed by atoms with E-state index < -0.39 is 60.0 Å². The first-order valence-corrected chi connectivity index (χ1v) is 16.0. The van der Waals surface area contributed by atoms with Crippen LogP contribution in [0.3, 0.4) is 0 Å². The Morgan fingerprint density at radius 3 is 2.67 bits per heavy atom. The number of amides is 1. The quantitative estimate of drug-likeness (QED) is 0.401. The number of nitrogens with one attached hydrogen (secondary N) is 1. The number of halogens is 4. The lowest BCUT2D eigenvalue weighted by atomic mass is 9.85. The molecule has 0 radical (unpaired) electrons. The summed E-state index contributed by atoms with van der Waals surface area (Å²) in [6.45, 7) is 0.783. The van der Waals surface area contributed by atoms with Crippen molar-refractivity contribution < 1.29 is 37.4 Å². The predicted molar refractivity (Wildman–Crippen MR) is 158 cm³/mol. The standard InChI is InChI=1S/C30H31ClF3N5O5S/c1-2-44-29(43)21-19(36-25(26-35-10-11-45-26)37-24(21)17-4-3-5-18(32)23(17)31)12-38-14-30(33,34)22-20(38)13-39(27(22)40)16-8-6-15(7-9-16)28(41)42/h3-5,10-11,15-16,20,22,24H,2,6-9,12-14H2,1H3,(H,36,37)(H,41,42)/t15?,16?,20-,22-,24-/m0/s1. The van der Waals surface area contributed by atoms with E-state index in [0.29, 0.717) is 30.7 Å². The molecule has 1 aliphatic carbocycles. The lowest BCUT2D eigenvalue weighted by molar-refractivity contribution is -0.145. The van der Waals surface area contributed by atoms with Crippen molar-refractivity contribution in [3.63, 3.8) is 0 Å². The van der Waals surface area contributed by atoms with Crippen LogP contribution < -0.4 is 5.32 Å². The third-order valence-corrected chi connectivity index (χ3v) is 10.2. The SMILES string of the molecule is CCOC(=O)C1=C(CN2CC(F)(F)[C@@H]3C(=O)N(C4CCC(C(=O)O)CC4)C[C@@H]32)NC(c2nccs2)=N[C@H]1c1cccc(F)c1Cl.